The van der Waals surface area contributed by atoms with Crippen molar-refractivity contribution in [2.75, 3.05) is 13.2 Å². The number of aliphatic carboxylic acids is 1. The van der Waals surface area contributed by atoms with Crippen LogP contribution >= 0.6 is 0 Å². The fourth-order valence-corrected chi connectivity index (χ4v) is 9.74. The molecule has 10 atom stereocenters. The van der Waals surface area contributed by atoms with Crippen molar-refractivity contribution in [1.82, 2.24) is 9.97 Å². The van der Waals surface area contributed by atoms with Gasteiger partial charge in [-0.05, 0) is 80.5 Å². The van der Waals surface area contributed by atoms with E-state index >= 15 is 0 Å². The molecule has 0 aromatic carbocycles. The van der Waals surface area contributed by atoms with Crippen LogP contribution in [0.3, 0.4) is 0 Å². The van der Waals surface area contributed by atoms with Crippen LogP contribution in [0.5, 0.6) is 0 Å². The third-order valence-electron chi connectivity index (χ3n) is 10.9. The molecule has 5 aliphatic rings. The zero-order valence-electron chi connectivity index (χ0n) is 23.5. The second kappa shape index (κ2) is 10.7. The van der Waals surface area contributed by atoms with Crippen LogP contribution in [-0.2, 0) is 30.4 Å². The highest BCUT2D eigenvalue weighted by atomic mass is 16.6. The number of nitrogens with zero attached hydrogens (tertiary/aromatic N) is 1. The van der Waals surface area contributed by atoms with Crippen molar-refractivity contribution >= 4 is 11.9 Å². The Labute approximate surface area is 231 Å². The van der Waals surface area contributed by atoms with Crippen molar-refractivity contribution in [3.63, 3.8) is 0 Å². The predicted molar refractivity (Wildman–Crippen MR) is 143 cm³/mol. The minimum Gasteiger partial charge on any atom is -0.481 e. The molecule has 4 aliphatic carbocycles. The number of hydrogen-bond acceptors (Lipinski definition) is 6. The maximum atomic E-state index is 12.6. The topological polar surface area (TPSA) is 111 Å². The number of fused-ring (bicyclic) bond motifs is 3. The van der Waals surface area contributed by atoms with Crippen molar-refractivity contribution in [1.29, 1.82) is 0 Å². The van der Waals surface area contributed by atoms with Gasteiger partial charge in [-0.2, -0.15) is 0 Å². The van der Waals surface area contributed by atoms with Gasteiger partial charge in [0.1, 0.15) is 12.2 Å². The number of hydrogen-bond donors (Lipinski definition) is 2. The molecule has 2 heterocycles. The van der Waals surface area contributed by atoms with Crippen molar-refractivity contribution in [3.05, 3.63) is 29.9 Å². The molecule has 1 aromatic heterocycles. The Balaban J connectivity index is 1.30. The fraction of sp³-hybridized carbons (Fsp3) is 0.774. The number of aromatic amines is 1. The first kappa shape index (κ1) is 27.0. The molecule has 2 N–H and O–H groups in total. The summed E-state index contributed by atoms with van der Waals surface area (Å²) in [5, 5.41) is 10.3. The maximum Gasteiger partial charge on any atom is 0.307 e. The number of rotatable bonds is 7. The summed E-state index contributed by atoms with van der Waals surface area (Å²) in [6.45, 7) is 7.55. The molecule has 39 heavy (non-hydrogen) atoms. The van der Waals surface area contributed by atoms with Crippen molar-refractivity contribution in [2.24, 2.45) is 52.8 Å². The number of ether oxygens (including phenoxy) is 3. The summed E-state index contributed by atoms with van der Waals surface area (Å²) in [5.41, 5.74) is 2.20. The summed E-state index contributed by atoms with van der Waals surface area (Å²) in [4.78, 5) is 32.0. The molecular weight excluding hydrogens is 496 g/mol. The van der Waals surface area contributed by atoms with Crippen LogP contribution in [0.1, 0.15) is 71.4 Å². The summed E-state index contributed by atoms with van der Waals surface area (Å²) in [5.74, 6) is 1.21. The summed E-state index contributed by atoms with van der Waals surface area (Å²) in [7, 11) is 0. The molecule has 1 aliphatic heterocycles. The zero-order chi connectivity index (χ0) is 27.3. The lowest BCUT2D eigenvalue weighted by atomic mass is 9.45. The molecule has 8 nitrogen and oxygen atoms in total. The van der Waals surface area contributed by atoms with E-state index in [0.717, 1.165) is 44.2 Å². The number of carbonyl (C=O) groups excluding carboxylic acids is 1. The van der Waals surface area contributed by atoms with Gasteiger partial charge in [-0.15, -0.1) is 0 Å². The van der Waals surface area contributed by atoms with E-state index < -0.39 is 5.97 Å². The Kier molecular flexibility index (Phi) is 7.38. The first-order chi connectivity index (χ1) is 18.8. The van der Waals surface area contributed by atoms with Crippen LogP contribution in [0.4, 0.5) is 0 Å². The number of carboxylic acids is 1. The Morgan fingerprint density at radius 1 is 1.21 bits per heavy atom. The number of nitrogens with one attached hydrogen (secondary N) is 1. The third kappa shape index (κ3) is 4.75. The normalized spacial score (nSPS) is 41.1. The summed E-state index contributed by atoms with van der Waals surface area (Å²) >= 11 is 0. The minimum absolute atomic E-state index is 0.146. The van der Waals surface area contributed by atoms with Crippen molar-refractivity contribution in [2.45, 2.75) is 84.5 Å². The first-order valence-electron chi connectivity index (χ1n) is 15.1. The van der Waals surface area contributed by atoms with E-state index in [1.54, 1.807) is 12.5 Å². The van der Waals surface area contributed by atoms with Gasteiger partial charge >= 0.3 is 11.9 Å². The standard InChI is InChI=1S/C31H44N2O6/c1-17(2)10-19-4-5-21-22-6-8-26-24-14-37-15-31(26,25(22)9-7-23(21)28(19)30(35)36)11-27(39-18(3)34)29(24)38-13-20-12-32-16-33-20/h9,12,16-17,19,21-24,26-29H,4-8,10-11,13-15H2,1-3H3,(H,32,33)(H,35,36)/t19?,21?,22?,23?,24?,26?,27-,28?,29-,31-/m1/s1. The van der Waals surface area contributed by atoms with Crippen LogP contribution < -0.4 is 0 Å². The van der Waals surface area contributed by atoms with Gasteiger partial charge in [0.15, 0.2) is 0 Å². The number of imidazole rings is 1. The Morgan fingerprint density at radius 2 is 2.05 bits per heavy atom. The monoisotopic (exact) mass is 540 g/mol. The van der Waals surface area contributed by atoms with Gasteiger partial charge in [0.25, 0.3) is 0 Å². The zero-order valence-corrected chi connectivity index (χ0v) is 23.5. The van der Waals surface area contributed by atoms with Crippen LogP contribution in [0.15, 0.2) is 24.2 Å². The van der Waals surface area contributed by atoms with Crippen molar-refractivity contribution < 1.29 is 28.9 Å². The highest BCUT2D eigenvalue weighted by Crippen LogP contribution is 2.65. The van der Waals surface area contributed by atoms with Gasteiger partial charge in [0, 0.05) is 18.3 Å². The maximum absolute atomic E-state index is 12.6. The van der Waals surface area contributed by atoms with E-state index in [4.69, 9.17) is 14.2 Å². The molecule has 0 amide bonds. The highest BCUT2D eigenvalue weighted by Gasteiger charge is 2.63. The second-order valence-electron chi connectivity index (χ2n) is 13.4. The van der Waals surface area contributed by atoms with Gasteiger partial charge in [-0.25, -0.2) is 4.98 Å². The minimum atomic E-state index is -0.607. The van der Waals surface area contributed by atoms with Crippen LogP contribution in [0.2, 0.25) is 0 Å². The molecule has 214 valence electrons. The number of carbonyl (C=O) groups is 2. The molecule has 2 bridgehead atoms. The Morgan fingerprint density at radius 3 is 2.77 bits per heavy atom. The molecule has 1 aromatic rings. The molecule has 6 rings (SSSR count). The molecule has 1 saturated heterocycles. The third-order valence-corrected chi connectivity index (χ3v) is 10.9. The molecule has 0 radical (unpaired) electrons. The lowest BCUT2D eigenvalue weighted by molar-refractivity contribution is -0.227. The van der Waals surface area contributed by atoms with E-state index in [1.165, 1.54) is 12.5 Å². The van der Waals surface area contributed by atoms with Crippen LogP contribution in [-0.4, -0.2) is 52.4 Å². The quantitative estimate of drug-likeness (QED) is 0.369. The number of H-pyrrole nitrogens is 1. The lowest BCUT2D eigenvalue weighted by Crippen LogP contribution is -2.64. The van der Waals surface area contributed by atoms with E-state index in [1.807, 2.05) is 0 Å². The molecule has 8 heteroatoms. The summed E-state index contributed by atoms with van der Waals surface area (Å²) in [6.07, 6.45) is 12.1. The second-order valence-corrected chi connectivity index (χ2v) is 13.4. The van der Waals surface area contributed by atoms with Gasteiger partial charge in [-0.1, -0.05) is 25.5 Å². The number of carboxylic acid groups (broad SMARTS) is 1. The Bertz CT molecular complexity index is 1080. The fourth-order valence-electron chi connectivity index (χ4n) is 9.74. The molecule has 3 saturated carbocycles. The number of esters is 1. The smallest absolute Gasteiger partial charge is 0.307 e. The molecule has 4 fully saturated rings. The summed E-state index contributed by atoms with van der Waals surface area (Å²) < 4.78 is 18.8. The molecule has 7 unspecified atom stereocenters. The Hall–Kier alpha value is -2.19. The van der Waals surface area contributed by atoms with E-state index in [9.17, 15) is 14.7 Å². The van der Waals surface area contributed by atoms with Crippen LogP contribution in [0, 0.1) is 52.8 Å². The largest absolute Gasteiger partial charge is 0.481 e. The van der Waals surface area contributed by atoms with Gasteiger partial charge in [0.2, 0.25) is 0 Å². The lowest BCUT2D eigenvalue weighted by Gasteiger charge is -2.63. The van der Waals surface area contributed by atoms with E-state index in [0.29, 0.717) is 49.9 Å². The number of allylic oxidation sites excluding steroid dienone is 1. The SMILES string of the molecule is CC(=O)O[C@@H]1C[C@]23COCC(C2CCC2C3=CCC3C2CCC(CC(C)C)C3C(=O)O)[C@H]1OCc1cnc[nH]1. The van der Waals surface area contributed by atoms with Gasteiger partial charge < -0.3 is 24.3 Å². The average Bonchev–Trinajstić information content (AvgIpc) is 3.40. The van der Waals surface area contributed by atoms with E-state index in [2.05, 4.69) is 29.9 Å². The highest BCUT2D eigenvalue weighted by molar-refractivity contribution is 5.71. The van der Waals surface area contributed by atoms with Gasteiger partial charge in [0.05, 0.1) is 44.0 Å². The molecular formula is C31H44N2O6. The van der Waals surface area contributed by atoms with Crippen molar-refractivity contribution in [3.8, 4) is 0 Å². The first-order valence-corrected chi connectivity index (χ1v) is 15.1. The number of aromatic nitrogens is 2. The van der Waals surface area contributed by atoms with E-state index in [-0.39, 0.29) is 47.3 Å². The molecule has 0 spiro atoms. The predicted octanol–water partition coefficient (Wildman–Crippen LogP) is 5.01. The van der Waals surface area contributed by atoms with Gasteiger partial charge in [-0.3, -0.25) is 9.59 Å². The average molecular weight is 541 g/mol. The summed E-state index contributed by atoms with van der Waals surface area (Å²) in [6, 6.07) is 0. The van der Waals surface area contributed by atoms with Crippen LogP contribution in [0.25, 0.3) is 0 Å².